The quantitative estimate of drug-likeness (QED) is 0.807. The monoisotopic (exact) mass is 281 g/mol. The van der Waals surface area contributed by atoms with Gasteiger partial charge in [-0.3, -0.25) is 4.79 Å². The number of aryl methyl sites for hydroxylation is 2. The third-order valence-corrected chi connectivity index (χ3v) is 3.57. The standard InChI is InChI=1S/C16H27NO3/c1-6-7-11(2)8-15(18)17-10-16(5,19)14-9-12(3)20-13(14)4/h9,11,19H,6-8,10H2,1-5H3,(H,17,18). The highest BCUT2D eigenvalue weighted by Gasteiger charge is 2.28. The molecule has 0 bridgehead atoms. The number of furan rings is 1. The minimum absolute atomic E-state index is 0.0101. The van der Waals surface area contributed by atoms with Gasteiger partial charge in [0, 0.05) is 12.0 Å². The second-order valence-electron chi connectivity index (χ2n) is 5.98. The summed E-state index contributed by atoms with van der Waals surface area (Å²) in [4.78, 5) is 11.9. The largest absolute Gasteiger partial charge is 0.466 e. The number of hydrogen-bond donors (Lipinski definition) is 2. The van der Waals surface area contributed by atoms with Crippen LogP contribution in [0.3, 0.4) is 0 Å². The Bertz CT molecular complexity index is 449. The molecule has 0 spiro atoms. The van der Waals surface area contributed by atoms with Gasteiger partial charge in [0.05, 0.1) is 6.54 Å². The number of aliphatic hydroxyl groups is 1. The molecule has 0 aliphatic carbocycles. The van der Waals surface area contributed by atoms with Crippen molar-refractivity contribution in [3.63, 3.8) is 0 Å². The Kier molecular flexibility index (Phi) is 5.81. The van der Waals surface area contributed by atoms with E-state index in [1.807, 2.05) is 19.9 Å². The molecule has 114 valence electrons. The molecule has 0 saturated heterocycles. The Morgan fingerprint density at radius 1 is 1.50 bits per heavy atom. The number of rotatable bonds is 7. The van der Waals surface area contributed by atoms with Gasteiger partial charge in [0.2, 0.25) is 5.91 Å². The molecule has 4 heteroatoms. The SMILES string of the molecule is CCCC(C)CC(=O)NCC(C)(O)c1cc(C)oc1C. The summed E-state index contributed by atoms with van der Waals surface area (Å²) in [5, 5.41) is 13.3. The van der Waals surface area contributed by atoms with E-state index in [2.05, 4.69) is 19.2 Å². The van der Waals surface area contributed by atoms with E-state index in [0.717, 1.165) is 24.2 Å². The van der Waals surface area contributed by atoms with Crippen LogP contribution < -0.4 is 5.32 Å². The second-order valence-corrected chi connectivity index (χ2v) is 5.98. The van der Waals surface area contributed by atoms with E-state index in [-0.39, 0.29) is 12.5 Å². The third kappa shape index (κ3) is 4.67. The van der Waals surface area contributed by atoms with Gasteiger partial charge in [-0.05, 0) is 32.8 Å². The molecule has 0 fully saturated rings. The van der Waals surface area contributed by atoms with Gasteiger partial charge in [0.1, 0.15) is 17.1 Å². The van der Waals surface area contributed by atoms with Gasteiger partial charge in [-0.15, -0.1) is 0 Å². The average molecular weight is 281 g/mol. The fourth-order valence-electron chi connectivity index (χ4n) is 2.51. The van der Waals surface area contributed by atoms with E-state index >= 15 is 0 Å². The normalized spacial score (nSPS) is 15.7. The number of hydrogen-bond acceptors (Lipinski definition) is 3. The Morgan fingerprint density at radius 2 is 2.15 bits per heavy atom. The number of carbonyl (C=O) groups excluding carboxylic acids is 1. The molecule has 1 rings (SSSR count). The Labute approximate surface area is 121 Å². The van der Waals surface area contributed by atoms with Crippen molar-refractivity contribution in [2.24, 2.45) is 5.92 Å². The summed E-state index contributed by atoms with van der Waals surface area (Å²) in [5.74, 6) is 1.83. The lowest BCUT2D eigenvalue weighted by atomic mass is 9.95. The number of nitrogens with one attached hydrogen (secondary N) is 1. The van der Waals surface area contributed by atoms with Gasteiger partial charge < -0.3 is 14.8 Å². The lowest BCUT2D eigenvalue weighted by Gasteiger charge is -2.23. The summed E-state index contributed by atoms with van der Waals surface area (Å²) in [5.41, 5.74) is -0.372. The van der Waals surface area contributed by atoms with Crippen LogP contribution in [-0.4, -0.2) is 17.6 Å². The van der Waals surface area contributed by atoms with E-state index in [1.165, 1.54) is 0 Å². The zero-order valence-corrected chi connectivity index (χ0v) is 13.2. The Balaban J connectivity index is 2.55. The van der Waals surface area contributed by atoms with Crippen LogP contribution in [0.15, 0.2) is 10.5 Å². The molecule has 2 unspecified atom stereocenters. The zero-order chi connectivity index (χ0) is 15.3. The molecule has 0 aliphatic heterocycles. The molecule has 0 radical (unpaired) electrons. The molecular weight excluding hydrogens is 254 g/mol. The molecule has 0 aromatic carbocycles. The predicted octanol–water partition coefficient (Wildman–Crippen LogP) is 3.05. The fraction of sp³-hybridized carbons (Fsp3) is 0.688. The molecule has 20 heavy (non-hydrogen) atoms. The van der Waals surface area contributed by atoms with E-state index in [0.29, 0.717) is 18.1 Å². The predicted molar refractivity (Wildman–Crippen MR) is 79.5 cm³/mol. The highest BCUT2D eigenvalue weighted by atomic mass is 16.3. The summed E-state index contributed by atoms with van der Waals surface area (Å²) >= 11 is 0. The highest BCUT2D eigenvalue weighted by molar-refractivity contribution is 5.76. The smallest absolute Gasteiger partial charge is 0.220 e. The van der Waals surface area contributed by atoms with Crippen LogP contribution >= 0.6 is 0 Å². The molecule has 0 aliphatic rings. The van der Waals surface area contributed by atoms with Gasteiger partial charge in [0.25, 0.3) is 0 Å². The van der Waals surface area contributed by atoms with Gasteiger partial charge in [-0.25, -0.2) is 0 Å². The van der Waals surface area contributed by atoms with Crippen LogP contribution in [-0.2, 0) is 10.4 Å². The summed E-state index contributed by atoms with van der Waals surface area (Å²) in [7, 11) is 0. The molecular formula is C16H27NO3. The van der Waals surface area contributed by atoms with Crippen LogP contribution in [0, 0.1) is 19.8 Å². The summed E-state index contributed by atoms with van der Waals surface area (Å²) in [6.45, 7) is 9.75. The highest BCUT2D eigenvalue weighted by Crippen LogP contribution is 2.26. The molecule has 1 aromatic rings. The van der Waals surface area contributed by atoms with Crippen molar-refractivity contribution >= 4 is 5.91 Å². The summed E-state index contributed by atoms with van der Waals surface area (Å²) in [6.07, 6.45) is 2.64. The number of carbonyl (C=O) groups is 1. The van der Waals surface area contributed by atoms with Crippen LogP contribution in [0.1, 0.15) is 57.1 Å². The summed E-state index contributed by atoms with van der Waals surface area (Å²) < 4.78 is 5.43. The lowest BCUT2D eigenvalue weighted by molar-refractivity contribution is -0.123. The van der Waals surface area contributed by atoms with Gasteiger partial charge in [-0.2, -0.15) is 0 Å². The van der Waals surface area contributed by atoms with E-state index in [4.69, 9.17) is 4.42 Å². The second kappa shape index (κ2) is 6.93. The minimum Gasteiger partial charge on any atom is -0.466 e. The third-order valence-electron chi connectivity index (χ3n) is 3.57. The van der Waals surface area contributed by atoms with Crippen LogP contribution in [0.4, 0.5) is 0 Å². The van der Waals surface area contributed by atoms with Crippen molar-refractivity contribution in [2.75, 3.05) is 6.54 Å². The van der Waals surface area contributed by atoms with Gasteiger partial charge in [0.15, 0.2) is 0 Å². The van der Waals surface area contributed by atoms with Crippen molar-refractivity contribution in [1.29, 1.82) is 0 Å². The topological polar surface area (TPSA) is 62.5 Å². The molecule has 0 saturated carbocycles. The Hall–Kier alpha value is -1.29. The molecule has 4 nitrogen and oxygen atoms in total. The first-order valence-corrected chi connectivity index (χ1v) is 7.32. The van der Waals surface area contributed by atoms with E-state index < -0.39 is 5.60 Å². The first-order chi connectivity index (χ1) is 9.26. The summed E-state index contributed by atoms with van der Waals surface area (Å²) in [6, 6.07) is 1.82. The maximum Gasteiger partial charge on any atom is 0.220 e. The van der Waals surface area contributed by atoms with Gasteiger partial charge >= 0.3 is 0 Å². The molecule has 1 aromatic heterocycles. The first kappa shape index (κ1) is 16.8. The Morgan fingerprint density at radius 3 is 2.65 bits per heavy atom. The maximum absolute atomic E-state index is 11.9. The molecule has 1 amide bonds. The lowest BCUT2D eigenvalue weighted by Crippen LogP contribution is -2.39. The maximum atomic E-state index is 11.9. The van der Waals surface area contributed by atoms with Crippen molar-refractivity contribution in [3.05, 3.63) is 23.2 Å². The van der Waals surface area contributed by atoms with Crippen molar-refractivity contribution in [2.45, 2.75) is 59.5 Å². The van der Waals surface area contributed by atoms with Gasteiger partial charge in [-0.1, -0.05) is 26.7 Å². The van der Waals surface area contributed by atoms with Crippen molar-refractivity contribution in [3.8, 4) is 0 Å². The fourth-order valence-corrected chi connectivity index (χ4v) is 2.51. The van der Waals surface area contributed by atoms with Crippen molar-refractivity contribution < 1.29 is 14.3 Å². The zero-order valence-electron chi connectivity index (χ0n) is 13.2. The molecule has 2 N–H and O–H groups in total. The van der Waals surface area contributed by atoms with Crippen molar-refractivity contribution in [1.82, 2.24) is 5.32 Å². The first-order valence-electron chi connectivity index (χ1n) is 7.32. The van der Waals surface area contributed by atoms with Crippen LogP contribution in [0.25, 0.3) is 0 Å². The molecule has 1 heterocycles. The van der Waals surface area contributed by atoms with Crippen LogP contribution in [0.2, 0.25) is 0 Å². The number of amides is 1. The van der Waals surface area contributed by atoms with E-state index in [1.54, 1.807) is 6.92 Å². The molecule has 2 atom stereocenters. The van der Waals surface area contributed by atoms with E-state index in [9.17, 15) is 9.90 Å². The van der Waals surface area contributed by atoms with Crippen LogP contribution in [0.5, 0.6) is 0 Å². The average Bonchev–Trinajstić information content (AvgIpc) is 2.67. The minimum atomic E-state index is -1.11.